The van der Waals surface area contributed by atoms with Gasteiger partial charge in [-0.25, -0.2) is 0 Å². The number of aliphatic hydroxyl groups is 2. The van der Waals surface area contributed by atoms with Crippen LogP contribution in [0.1, 0.15) is 25.7 Å². The van der Waals surface area contributed by atoms with Crippen molar-refractivity contribution in [3.05, 3.63) is 0 Å². The summed E-state index contributed by atoms with van der Waals surface area (Å²) in [5.41, 5.74) is -2.67. The molecule has 0 amide bonds. The Hall–Kier alpha value is -0.260. The summed E-state index contributed by atoms with van der Waals surface area (Å²) in [7, 11) is 0. The fourth-order valence-electron chi connectivity index (χ4n) is 3.46. The zero-order valence-electron chi connectivity index (χ0n) is 10.0. The lowest BCUT2D eigenvalue weighted by Crippen LogP contribution is -2.66. The molecule has 3 nitrogen and oxygen atoms in total. The third-order valence-electron chi connectivity index (χ3n) is 4.75. The molecule has 2 aliphatic rings. The van der Waals surface area contributed by atoms with Crippen molar-refractivity contribution in [2.75, 3.05) is 33.0 Å². The van der Waals surface area contributed by atoms with Gasteiger partial charge in [0.05, 0.1) is 25.6 Å². The first-order valence-electron chi connectivity index (χ1n) is 6.21. The van der Waals surface area contributed by atoms with Crippen LogP contribution in [0.5, 0.6) is 0 Å². The molecule has 0 bridgehead atoms. The lowest BCUT2D eigenvalue weighted by atomic mass is 9.49. The first-order chi connectivity index (χ1) is 8.05. The van der Waals surface area contributed by atoms with Crippen molar-refractivity contribution in [3.8, 4) is 0 Å². The van der Waals surface area contributed by atoms with Crippen LogP contribution in [0.3, 0.4) is 0 Å². The molecule has 1 aliphatic carbocycles. The molecule has 0 aromatic heterocycles. The van der Waals surface area contributed by atoms with Crippen LogP contribution in [0.15, 0.2) is 0 Å². The Morgan fingerprint density at radius 1 is 1.06 bits per heavy atom. The van der Waals surface area contributed by atoms with Gasteiger partial charge in [0.1, 0.15) is 0 Å². The molecular formula is C12H21F2NO2. The summed E-state index contributed by atoms with van der Waals surface area (Å²) in [6.07, 6.45) is 1.59. The summed E-state index contributed by atoms with van der Waals surface area (Å²) >= 11 is 0. The van der Waals surface area contributed by atoms with Crippen LogP contribution < -0.4 is 5.32 Å². The Balaban J connectivity index is 2.11. The zero-order chi connectivity index (χ0) is 12.6. The first-order valence-corrected chi connectivity index (χ1v) is 6.21. The summed E-state index contributed by atoms with van der Waals surface area (Å²) in [4.78, 5) is 0. The molecule has 17 heavy (non-hydrogen) atoms. The highest BCUT2D eigenvalue weighted by Crippen LogP contribution is 2.59. The Labute approximate surface area is 100 Å². The summed E-state index contributed by atoms with van der Waals surface area (Å²) in [6.45, 7) is -0.0980. The monoisotopic (exact) mass is 249 g/mol. The van der Waals surface area contributed by atoms with Gasteiger partial charge in [0.15, 0.2) is 0 Å². The number of hydrogen-bond donors (Lipinski definition) is 3. The van der Waals surface area contributed by atoms with Crippen molar-refractivity contribution in [3.63, 3.8) is 0 Å². The fraction of sp³-hybridized carbons (Fsp3) is 1.00. The van der Waals surface area contributed by atoms with E-state index in [0.717, 1.165) is 13.1 Å². The molecule has 1 saturated heterocycles. The van der Waals surface area contributed by atoms with Gasteiger partial charge >= 0.3 is 0 Å². The molecule has 1 heterocycles. The number of halogens is 2. The Morgan fingerprint density at radius 2 is 1.59 bits per heavy atom. The van der Waals surface area contributed by atoms with E-state index in [-0.39, 0.29) is 19.4 Å². The van der Waals surface area contributed by atoms with Crippen molar-refractivity contribution in [2.24, 2.45) is 10.8 Å². The van der Waals surface area contributed by atoms with E-state index in [1.165, 1.54) is 0 Å². The van der Waals surface area contributed by atoms with Gasteiger partial charge in [-0.3, -0.25) is 8.78 Å². The molecule has 0 aromatic carbocycles. The van der Waals surface area contributed by atoms with E-state index in [0.29, 0.717) is 12.8 Å². The quantitative estimate of drug-likeness (QED) is 0.691. The molecule has 0 spiro atoms. The standard InChI is InChI=1S/C12H21F2NO2/c13-7-10(8-14)5-12(17,6-10)11(9-16)1-3-15-4-2-11/h15-17H,1-9H2. The topological polar surface area (TPSA) is 52.5 Å². The predicted octanol–water partition coefficient (Wildman–Crippen LogP) is 0.799. The molecule has 2 rings (SSSR count). The minimum Gasteiger partial charge on any atom is -0.396 e. The molecule has 1 aliphatic heterocycles. The average molecular weight is 249 g/mol. The van der Waals surface area contributed by atoms with Crippen molar-refractivity contribution < 1.29 is 19.0 Å². The lowest BCUT2D eigenvalue weighted by molar-refractivity contribution is -0.231. The van der Waals surface area contributed by atoms with Crippen LogP contribution in [0, 0.1) is 10.8 Å². The van der Waals surface area contributed by atoms with Crippen LogP contribution >= 0.6 is 0 Å². The summed E-state index contributed by atoms with van der Waals surface area (Å²) in [5, 5.41) is 23.3. The van der Waals surface area contributed by atoms with E-state index in [1.54, 1.807) is 0 Å². The van der Waals surface area contributed by atoms with Gasteiger partial charge in [0.2, 0.25) is 0 Å². The maximum Gasteiger partial charge on any atom is 0.0977 e. The molecule has 3 N–H and O–H groups in total. The highest BCUT2D eigenvalue weighted by Gasteiger charge is 2.63. The third-order valence-corrected chi connectivity index (χ3v) is 4.75. The van der Waals surface area contributed by atoms with Crippen LogP contribution in [-0.4, -0.2) is 48.9 Å². The Morgan fingerprint density at radius 3 is 2.00 bits per heavy atom. The fourth-order valence-corrected chi connectivity index (χ4v) is 3.46. The number of aliphatic hydroxyl groups excluding tert-OH is 1. The zero-order valence-corrected chi connectivity index (χ0v) is 10.0. The second-order valence-corrected chi connectivity index (χ2v) is 5.84. The number of hydrogen-bond acceptors (Lipinski definition) is 3. The highest BCUT2D eigenvalue weighted by atomic mass is 19.1. The second kappa shape index (κ2) is 4.44. The number of nitrogens with one attached hydrogen (secondary N) is 1. The molecule has 2 fully saturated rings. The minimum atomic E-state index is -1.10. The maximum atomic E-state index is 12.8. The summed E-state index contributed by atoms with van der Waals surface area (Å²) < 4.78 is 25.6. The van der Waals surface area contributed by atoms with E-state index in [2.05, 4.69) is 5.32 Å². The van der Waals surface area contributed by atoms with Gasteiger partial charge in [-0.05, 0) is 38.8 Å². The second-order valence-electron chi connectivity index (χ2n) is 5.84. The van der Waals surface area contributed by atoms with Crippen molar-refractivity contribution in [1.29, 1.82) is 0 Å². The van der Waals surface area contributed by atoms with Gasteiger partial charge in [-0.1, -0.05) is 0 Å². The van der Waals surface area contributed by atoms with Crippen LogP contribution in [0.2, 0.25) is 0 Å². The first kappa shape index (κ1) is 13.2. The van der Waals surface area contributed by atoms with Gasteiger partial charge in [-0.2, -0.15) is 0 Å². The van der Waals surface area contributed by atoms with Crippen molar-refractivity contribution in [1.82, 2.24) is 5.32 Å². The van der Waals surface area contributed by atoms with E-state index in [9.17, 15) is 19.0 Å². The maximum absolute atomic E-state index is 12.8. The van der Waals surface area contributed by atoms with Crippen LogP contribution in [-0.2, 0) is 0 Å². The molecule has 0 unspecified atom stereocenters. The van der Waals surface area contributed by atoms with Gasteiger partial charge < -0.3 is 15.5 Å². The Bertz CT molecular complexity index is 268. The van der Waals surface area contributed by atoms with Crippen LogP contribution in [0.25, 0.3) is 0 Å². The summed E-state index contributed by atoms with van der Waals surface area (Å²) in [5.74, 6) is 0. The van der Waals surface area contributed by atoms with Crippen molar-refractivity contribution >= 4 is 0 Å². The molecule has 0 radical (unpaired) electrons. The van der Waals surface area contributed by atoms with Gasteiger partial charge in [0, 0.05) is 10.8 Å². The smallest absolute Gasteiger partial charge is 0.0977 e. The molecule has 1 saturated carbocycles. The summed E-state index contributed by atoms with van der Waals surface area (Å²) in [6, 6.07) is 0. The Kier molecular flexibility index (Phi) is 3.45. The molecule has 0 aromatic rings. The number of alkyl halides is 2. The largest absolute Gasteiger partial charge is 0.396 e. The number of piperidine rings is 1. The van der Waals surface area contributed by atoms with E-state index < -0.39 is 29.8 Å². The predicted molar refractivity (Wildman–Crippen MR) is 60.2 cm³/mol. The molecule has 5 heteroatoms. The van der Waals surface area contributed by atoms with Crippen molar-refractivity contribution in [2.45, 2.75) is 31.3 Å². The van der Waals surface area contributed by atoms with E-state index in [1.807, 2.05) is 0 Å². The molecule has 0 atom stereocenters. The minimum absolute atomic E-state index is 0.111. The molecular weight excluding hydrogens is 228 g/mol. The van der Waals surface area contributed by atoms with E-state index >= 15 is 0 Å². The van der Waals surface area contributed by atoms with E-state index in [4.69, 9.17) is 0 Å². The average Bonchev–Trinajstić information content (AvgIpc) is 2.35. The number of rotatable bonds is 4. The highest BCUT2D eigenvalue weighted by molar-refractivity contribution is 5.13. The van der Waals surface area contributed by atoms with Crippen LogP contribution in [0.4, 0.5) is 8.78 Å². The van der Waals surface area contributed by atoms with Gasteiger partial charge in [0.25, 0.3) is 0 Å². The molecule has 100 valence electrons. The van der Waals surface area contributed by atoms with Gasteiger partial charge in [-0.15, -0.1) is 0 Å². The SMILES string of the molecule is OCC1(C2(O)CC(CF)(CF)C2)CCNCC1. The normalized spacial score (nSPS) is 29.6. The third kappa shape index (κ3) is 1.88. The lowest BCUT2D eigenvalue weighted by Gasteiger charge is -2.60.